The highest BCUT2D eigenvalue weighted by Gasteiger charge is 2.76. The number of hydrogen-bond acceptors (Lipinski definition) is 6. The molecule has 0 aromatic heterocycles. The summed E-state index contributed by atoms with van der Waals surface area (Å²) in [6.07, 6.45) is 5.27. The van der Waals surface area contributed by atoms with E-state index in [9.17, 15) is 19.2 Å². The molecule has 40 heavy (non-hydrogen) atoms. The van der Waals surface area contributed by atoms with Crippen LogP contribution in [0, 0.1) is 35.0 Å². The maximum Gasteiger partial charge on any atom is 0.238 e. The number of amides is 4. The number of hydrogen-bond donors (Lipinski definition) is 0. The van der Waals surface area contributed by atoms with Crippen molar-refractivity contribution >= 4 is 35.0 Å². The second kappa shape index (κ2) is 9.04. The first-order valence-corrected chi connectivity index (χ1v) is 14.4. The van der Waals surface area contributed by atoms with Gasteiger partial charge in [-0.25, -0.2) is 9.80 Å². The summed E-state index contributed by atoms with van der Waals surface area (Å²) in [5.74, 6) is -3.51. The fourth-order valence-corrected chi connectivity index (χ4v) is 8.49. The summed E-state index contributed by atoms with van der Waals surface area (Å²) in [4.78, 5) is 59.8. The lowest BCUT2D eigenvalue weighted by molar-refractivity contribution is -0.151. The van der Waals surface area contributed by atoms with Crippen LogP contribution in [0.3, 0.4) is 0 Å². The van der Waals surface area contributed by atoms with Crippen LogP contribution in [0.5, 0.6) is 11.5 Å². The zero-order valence-corrected chi connectivity index (χ0v) is 22.7. The Morgan fingerprint density at radius 1 is 0.725 bits per heavy atom. The molecule has 8 heteroatoms. The maximum atomic E-state index is 14.4. The SMILES string of the molecule is CCOc1ccccc1N1C(=O)[C@H]2C3C=C4CCCCC4([C@H]2C1=O)[C@H]1C(=O)N(c2ccccc2OCC)C(=O)[C@@H]31. The Balaban J connectivity index is 1.37. The molecule has 2 aromatic carbocycles. The molecule has 206 valence electrons. The van der Waals surface area contributed by atoms with Crippen molar-refractivity contribution in [1.82, 2.24) is 0 Å². The normalized spacial score (nSPS) is 32.1. The second-order valence-electron chi connectivity index (χ2n) is 11.3. The monoisotopic (exact) mass is 540 g/mol. The average molecular weight is 541 g/mol. The van der Waals surface area contributed by atoms with Crippen LogP contribution in [0.4, 0.5) is 11.4 Å². The van der Waals surface area contributed by atoms with E-state index in [-0.39, 0.29) is 23.6 Å². The van der Waals surface area contributed by atoms with Crippen molar-refractivity contribution in [1.29, 1.82) is 0 Å². The summed E-state index contributed by atoms with van der Waals surface area (Å²) in [6.45, 7) is 4.50. The summed E-state index contributed by atoms with van der Waals surface area (Å²) in [5.41, 5.74) is 1.08. The van der Waals surface area contributed by atoms with Crippen LogP contribution in [0.15, 0.2) is 60.2 Å². The molecule has 8 rings (SSSR count). The predicted octanol–water partition coefficient (Wildman–Crippen LogP) is 4.53. The molecule has 4 aliphatic carbocycles. The molecule has 2 saturated heterocycles. The molecule has 4 amide bonds. The lowest BCUT2D eigenvalue weighted by atomic mass is 9.41. The van der Waals surface area contributed by atoms with Gasteiger partial charge in [0.1, 0.15) is 11.5 Å². The van der Waals surface area contributed by atoms with Crippen molar-refractivity contribution in [2.24, 2.45) is 35.0 Å². The number of nitrogens with zero attached hydrogens (tertiary/aromatic N) is 2. The van der Waals surface area contributed by atoms with E-state index >= 15 is 0 Å². The van der Waals surface area contributed by atoms with Crippen LogP contribution in [0.25, 0.3) is 0 Å². The van der Waals surface area contributed by atoms with E-state index in [1.54, 1.807) is 36.4 Å². The molecule has 2 saturated carbocycles. The van der Waals surface area contributed by atoms with Crippen molar-refractivity contribution in [2.45, 2.75) is 39.5 Å². The van der Waals surface area contributed by atoms with Crippen molar-refractivity contribution in [3.8, 4) is 11.5 Å². The van der Waals surface area contributed by atoms with Gasteiger partial charge in [0.2, 0.25) is 23.6 Å². The van der Waals surface area contributed by atoms with E-state index < -0.39 is 35.0 Å². The molecule has 1 spiro atoms. The van der Waals surface area contributed by atoms with Gasteiger partial charge in [-0.15, -0.1) is 0 Å². The number of allylic oxidation sites excluding steroid dienone is 2. The highest BCUT2D eigenvalue weighted by atomic mass is 16.5. The molecular formula is C32H32N2O6. The number of benzene rings is 2. The first-order valence-electron chi connectivity index (χ1n) is 14.4. The molecule has 2 heterocycles. The third-order valence-electron chi connectivity index (χ3n) is 9.73. The van der Waals surface area contributed by atoms with Gasteiger partial charge < -0.3 is 9.47 Å². The topological polar surface area (TPSA) is 93.2 Å². The maximum absolute atomic E-state index is 14.4. The summed E-state index contributed by atoms with van der Waals surface area (Å²) in [5, 5.41) is 0. The van der Waals surface area contributed by atoms with E-state index in [2.05, 4.69) is 6.08 Å². The fraction of sp³-hybridized carbons (Fsp3) is 0.438. The molecule has 4 fully saturated rings. The smallest absolute Gasteiger partial charge is 0.238 e. The fourth-order valence-electron chi connectivity index (χ4n) is 8.49. The Hall–Kier alpha value is -3.94. The van der Waals surface area contributed by atoms with Gasteiger partial charge in [-0.1, -0.05) is 42.3 Å². The molecule has 2 aliphatic heterocycles. The number of imide groups is 2. The summed E-state index contributed by atoms with van der Waals surface area (Å²) in [7, 11) is 0. The lowest BCUT2D eigenvalue weighted by Crippen LogP contribution is -2.60. The summed E-state index contributed by atoms with van der Waals surface area (Å²) >= 11 is 0. The van der Waals surface area contributed by atoms with E-state index in [4.69, 9.17) is 9.47 Å². The van der Waals surface area contributed by atoms with E-state index in [1.807, 2.05) is 26.0 Å². The first-order chi connectivity index (χ1) is 19.5. The zero-order chi connectivity index (χ0) is 27.8. The van der Waals surface area contributed by atoms with E-state index in [1.165, 1.54) is 9.80 Å². The molecule has 4 atom stereocenters. The predicted molar refractivity (Wildman–Crippen MR) is 147 cm³/mol. The molecule has 0 radical (unpaired) electrons. The Labute approximate surface area is 232 Å². The number of ether oxygens (including phenoxy) is 2. The van der Waals surface area contributed by atoms with Crippen LogP contribution in [0.1, 0.15) is 39.5 Å². The first kappa shape index (κ1) is 25.1. The van der Waals surface area contributed by atoms with Crippen molar-refractivity contribution in [2.75, 3.05) is 23.0 Å². The Morgan fingerprint density at radius 3 is 1.73 bits per heavy atom. The minimum atomic E-state index is -0.855. The van der Waals surface area contributed by atoms with Crippen molar-refractivity contribution < 1.29 is 28.7 Å². The Bertz CT molecular complexity index is 1390. The highest BCUT2D eigenvalue weighted by Crippen LogP contribution is 2.70. The second-order valence-corrected chi connectivity index (χ2v) is 11.3. The van der Waals surface area contributed by atoms with Gasteiger partial charge in [-0.3, -0.25) is 19.2 Å². The Morgan fingerprint density at radius 2 is 1.23 bits per heavy atom. The zero-order valence-electron chi connectivity index (χ0n) is 22.7. The molecule has 6 aliphatic rings. The van der Waals surface area contributed by atoms with Gasteiger partial charge in [0.25, 0.3) is 0 Å². The number of para-hydroxylation sites is 4. The molecule has 0 unspecified atom stereocenters. The van der Waals surface area contributed by atoms with Crippen LogP contribution in [-0.4, -0.2) is 36.8 Å². The van der Waals surface area contributed by atoms with Crippen molar-refractivity contribution in [3.05, 3.63) is 60.2 Å². The quantitative estimate of drug-likeness (QED) is 0.395. The van der Waals surface area contributed by atoms with Crippen LogP contribution < -0.4 is 19.3 Å². The van der Waals surface area contributed by atoms with Gasteiger partial charge >= 0.3 is 0 Å². The van der Waals surface area contributed by atoms with Gasteiger partial charge in [0, 0.05) is 11.3 Å². The molecule has 2 aromatic rings. The largest absolute Gasteiger partial charge is 0.492 e. The number of carbonyl (C=O) groups is 4. The highest BCUT2D eigenvalue weighted by molar-refractivity contribution is 6.27. The minimum absolute atomic E-state index is 0.286. The van der Waals surface area contributed by atoms with Crippen LogP contribution in [-0.2, 0) is 19.2 Å². The number of anilines is 2. The van der Waals surface area contributed by atoms with Gasteiger partial charge in [0.15, 0.2) is 0 Å². The third-order valence-corrected chi connectivity index (χ3v) is 9.73. The van der Waals surface area contributed by atoms with Crippen LogP contribution >= 0.6 is 0 Å². The molecule has 0 N–H and O–H groups in total. The van der Waals surface area contributed by atoms with Crippen molar-refractivity contribution in [3.63, 3.8) is 0 Å². The average Bonchev–Trinajstić information content (AvgIpc) is 3.40. The number of carbonyl (C=O) groups excluding carboxylic acids is 4. The van der Waals surface area contributed by atoms with Gasteiger partial charge in [0.05, 0.1) is 48.3 Å². The summed E-state index contributed by atoms with van der Waals surface area (Å²) < 4.78 is 11.6. The standard InChI is InChI=1S/C32H32N2O6/c1-3-39-22-14-7-5-12-20(22)33-28(35)24-19-17-18-11-9-10-16-32(18,26(24)30(33)37)27-25(19)29(36)34(31(27)38)21-13-6-8-15-23(21)40-4-2/h5-8,12-15,17,19,24-27H,3-4,9-11,16H2,1-2H3/t19?,24-,25-,26+,27+,32?/m0/s1. The minimum Gasteiger partial charge on any atom is -0.492 e. The van der Waals surface area contributed by atoms with E-state index in [0.29, 0.717) is 42.5 Å². The molecule has 8 nitrogen and oxygen atoms in total. The third kappa shape index (κ3) is 3.07. The lowest BCUT2D eigenvalue weighted by Gasteiger charge is -2.58. The molecular weight excluding hydrogens is 508 g/mol. The Kier molecular flexibility index (Phi) is 5.67. The van der Waals surface area contributed by atoms with Crippen LogP contribution in [0.2, 0.25) is 0 Å². The number of rotatable bonds is 6. The van der Waals surface area contributed by atoms with Gasteiger partial charge in [-0.2, -0.15) is 0 Å². The van der Waals surface area contributed by atoms with Gasteiger partial charge in [-0.05, 0) is 57.4 Å². The van der Waals surface area contributed by atoms with E-state index in [0.717, 1.165) is 24.8 Å². The molecule has 2 bridgehead atoms. The summed E-state index contributed by atoms with van der Waals surface area (Å²) in [6, 6.07) is 14.2.